The number of nitrogens with one attached hydrogen (secondary N) is 1. The number of nitrogens with zero attached hydrogens (tertiary/aromatic N) is 4. The van der Waals surface area contributed by atoms with Gasteiger partial charge in [-0.3, -0.25) is 10.1 Å². The summed E-state index contributed by atoms with van der Waals surface area (Å²) in [6.07, 6.45) is -0.911. The highest BCUT2D eigenvalue weighted by Gasteiger charge is 2.19. The van der Waals surface area contributed by atoms with Crippen LogP contribution in [0, 0.1) is 0 Å². The summed E-state index contributed by atoms with van der Waals surface area (Å²) in [5, 5.41) is 12.0. The third-order valence-corrected chi connectivity index (χ3v) is 1.71. The summed E-state index contributed by atoms with van der Waals surface area (Å²) in [4.78, 5) is 33.5. The van der Waals surface area contributed by atoms with Crippen molar-refractivity contribution >= 4 is 18.0 Å². The highest BCUT2D eigenvalue weighted by atomic mass is 16.5. The topological polar surface area (TPSA) is 125 Å². The third-order valence-electron chi connectivity index (χ3n) is 1.71. The molecule has 0 aliphatic heterocycles. The lowest BCUT2D eigenvalue weighted by molar-refractivity contribution is -0.121. The van der Waals surface area contributed by atoms with E-state index in [1.807, 2.05) is 5.32 Å². The Morgan fingerprint density at radius 1 is 1.39 bits per heavy atom. The van der Waals surface area contributed by atoms with Gasteiger partial charge in [0.1, 0.15) is 6.54 Å². The molecule has 10 nitrogen and oxygen atoms in total. The summed E-state index contributed by atoms with van der Waals surface area (Å²) in [5.74, 6) is -1.70. The Bertz CT molecular complexity index is 456. The van der Waals surface area contributed by atoms with E-state index in [4.69, 9.17) is 0 Å². The van der Waals surface area contributed by atoms with Gasteiger partial charge in [-0.25, -0.2) is 14.3 Å². The second-order valence-corrected chi connectivity index (χ2v) is 2.92. The van der Waals surface area contributed by atoms with Crippen LogP contribution in [-0.2, 0) is 20.8 Å². The van der Waals surface area contributed by atoms with Crippen molar-refractivity contribution in [3.8, 4) is 0 Å². The number of methoxy groups -OCH3 is 1. The lowest BCUT2D eigenvalue weighted by atomic mass is 10.5. The molecule has 0 saturated heterocycles. The summed E-state index contributed by atoms with van der Waals surface area (Å²) in [6, 6.07) is 0. The van der Waals surface area contributed by atoms with Gasteiger partial charge in [-0.2, -0.15) is 0 Å². The molecular weight excluding hydrogens is 246 g/mol. The Labute approximate surface area is 101 Å². The molecule has 0 aliphatic rings. The summed E-state index contributed by atoms with van der Waals surface area (Å²) in [6.45, 7) is 1.37. The number of carbonyl (C=O) groups is 3. The van der Waals surface area contributed by atoms with E-state index in [9.17, 15) is 14.4 Å². The molecule has 18 heavy (non-hydrogen) atoms. The number of aromatic nitrogens is 4. The first-order chi connectivity index (χ1) is 8.58. The summed E-state index contributed by atoms with van der Waals surface area (Å²) >= 11 is 0. The van der Waals surface area contributed by atoms with Gasteiger partial charge in [0, 0.05) is 0 Å². The van der Waals surface area contributed by atoms with Gasteiger partial charge in [-0.15, -0.1) is 5.10 Å². The molecule has 2 amide bonds. The fourth-order valence-corrected chi connectivity index (χ4v) is 0.993. The fraction of sp³-hybridized carbons (Fsp3) is 0.500. The van der Waals surface area contributed by atoms with Gasteiger partial charge in [-0.1, -0.05) is 0 Å². The lowest BCUT2D eigenvalue weighted by Crippen LogP contribution is -2.34. The average molecular weight is 257 g/mol. The minimum atomic E-state index is -0.911. The van der Waals surface area contributed by atoms with E-state index >= 15 is 0 Å². The first kappa shape index (κ1) is 13.5. The zero-order chi connectivity index (χ0) is 13.5. The van der Waals surface area contributed by atoms with E-state index in [-0.39, 0.29) is 12.4 Å². The van der Waals surface area contributed by atoms with Gasteiger partial charge in [0.25, 0.3) is 11.7 Å². The molecule has 0 saturated carbocycles. The number of amides is 2. The van der Waals surface area contributed by atoms with Crippen molar-refractivity contribution in [2.45, 2.75) is 13.5 Å². The number of ether oxygens (including phenoxy) is 2. The highest BCUT2D eigenvalue weighted by Crippen LogP contribution is 1.95. The Morgan fingerprint density at radius 3 is 2.72 bits per heavy atom. The van der Waals surface area contributed by atoms with E-state index in [1.165, 1.54) is 0 Å². The molecule has 10 heteroatoms. The predicted octanol–water partition coefficient (Wildman–Crippen LogP) is -1.27. The van der Waals surface area contributed by atoms with Crippen molar-refractivity contribution in [3.05, 3.63) is 5.82 Å². The molecule has 0 spiro atoms. The first-order valence-electron chi connectivity index (χ1n) is 4.89. The molecule has 1 rings (SSSR count). The molecule has 1 aromatic heterocycles. The molecule has 1 heterocycles. The van der Waals surface area contributed by atoms with Gasteiger partial charge in [0.05, 0.1) is 13.7 Å². The first-order valence-corrected chi connectivity index (χ1v) is 4.89. The minimum Gasteiger partial charge on any atom is -0.460 e. The molecule has 1 N–H and O–H groups in total. The van der Waals surface area contributed by atoms with E-state index in [2.05, 4.69) is 25.0 Å². The number of tetrazole rings is 1. The quantitative estimate of drug-likeness (QED) is 0.662. The number of rotatable bonds is 4. The zero-order valence-corrected chi connectivity index (χ0v) is 9.74. The number of hydrogen-bond donors (Lipinski definition) is 1. The fourth-order valence-electron chi connectivity index (χ4n) is 0.993. The van der Waals surface area contributed by atoms with E-state index in [0.29, 0.717) is 0 Å². The van der Waals surface area contributed by atoms with Crippen LogP contribution in [0.25, 0.3) is 0 Å². The van der Waals surface area contributed by atoms with Crippen LogP contribution in [0.15, 0.2) is 0 Å². The number of esters is 1. The Balaban J connectivity index is 2.68. The average Bonchev–Trinajstić information content (AvgIpc) is 2.77. The van der Waals surface area contributed by atoms with Crippen molar-refractivity contribution in [2.24, 2.45) is 0 Å². The monoisotopic (exact) mass is 257 g/mol. The van der Waals surface area contributed by atoms with Crippen LogP contribution in [0.4, 0.5) is 4.79 Å². The molecule has 0 bridgehead atoms. The van der Waals surface area contributed by atoms with Gasteiger partial charge in [0.15, 0.2) is 0 Å². The molecule has 0 aromatic carbocycles. The second-order valence-electron chi connectivity index (χ2n) is 2.92. The van der Waals surface area contributed by atoms with Crippen molar-refractivity contribution in [1.82, 2.24) is 25.5 Å². The molecule has 0 fully saturated rings. The van der Waals surface area contributed by atoms with Gasteiger partial charge in [-0.05, 0) is 17.4 Å². The maximum atomic E-state index is 11.4. The van der Waals surface area contributed by atoms with Crippen LogP contribution >= 0.6 is 0 Å². The molecule has 0 unspecified atom stereocenters. The Hall–Kier alpha value is -2.52. The number of hydrogen-bond acceptors (Lipinski definition) is 8. The number of carbonyl (C=O) groups excluding carboxylic acids is 3. The van der Waals surface area contributed by atoms with Crippen LogP contribution in [-0.4, -0.2) is 51.9 Å². The largest absolute Gasteiger partial charge is 0.460 e. The maximum absolute atomic E-state index is 11.4. The SMILES string of the molecule is CCOC(=O)c1nnnn1CC(=O)NC(=O)OC. The van der Waals surface area contributed by atoms with Crippen molar-refractivity contribution < 1.29 is 23.9 Å². The van der Waals surface area contributed by atoms with E-state index in [0.717, 1.165) is 11.8 Å². The summed E-state index contributed by atoms with van der Waals surface area (Å²) in [7, 11) is 1.11. The van der Waals surface area contributed by atoms with Crippen LogP contribution in [0.3, 0.4) is 0 Å². The van der Waals surface area contributed by atoms with Crippen molar-refractivity contribution in [1.29, 1.82) is 0 Å². The van der Waals surface area contributed by atoms with Crippen LogP contribution in [0.1, 0.15) is 17.5 Å². The molecule has 0 radical (unpaired) electrons. The zero-order valence-electron chi connectivity index (χ0n) is 9.74. The van der Waals surface area contributed by atoms with Gasteiger partial charge < -0.3 is 9.47 Å². The molecule has 0 aliphatic carbocycles. The smallest absolute Gasteiger partial charge is 0.413 e. The van der Waals surface area contributed by atoms with Crippen LogP contribution in [0.5, 0.6) is 0 Å². The van der Waals surface area contributed by atoms with Crippen LogP contribution < -0.4 is 5.32 Å². The third kappa shape index (κ3) is 3.50. The normalized spacial score (nSPS) is 9.67. The molecular formula is C8H11N5O5. The molecule has 1 aromatic rings. The second kappa shape index (κ2) is 6.27. The maximum Gasteiger partial charge on any atom is 0.413 e. The van der Waals surface area contributed by atoms with E-state index < -0.39 is 24.5 Å². The minimum absolute atomic E-state index is 0.153. The molecule has 0 atom stereocenters. The summed E-state index contributed by atoms with van der Waals surface area (Å²) in [5.41, 5.74) is 0. The van der Waals surface area contributed by atoms with E-state index in [1.54, 1.807) is 6.92 Å². The molecule has 98 valence electrons. The standard InChI is InChI=1S/C8H11N5O5/c1-3-18-7(15)6-10-11-12-13(6)4-5(14)9-8(16)17-2/h3-4H2,1-2H3,(H,9,14,16). The highest BCUT2D eigenvalue weighted by molar-refractivity contribution is 5.92. The van der Waals surface area contributed by atoms with Crippen LogP contribution in [0.2, 0.25) is 0 Å². The number of alkyl carbamates (subject to hydrolysis) is 1. The Kier molecular flexibility index (Phi) is 4.72. The van der Waals surface area contributed by atoms with Crippen molar-refractivity contribution in [2.75, 3.05) is 13.7 Å². The van der Waals surface area contributed by atoms with Gasteiger partial charge in [0.2, 0.25) is 0 Å². The van der Waals surface area contributed by atoms with Crippen molar-refractivity contribution in [3.63, 3.8) is 0 Å². The lowest BCUT2D eigenvalue weighted by Gasteiger charge is -2.04. The van der Waals surface area contributed by atoms with Gasteiger partial charge >= 0.3 is 12.1 Å². The number of imide groups is 1. The predicted molar refractivity (Wildman–Crippen MR) is 54.3 cm³/mol. The Morgan fingerprint density at radius 2 is 2.11 bits per heavy atom. The summed E-state index contributed by atoms with van der Waals surface area (Å²) < 4.78 is 9.83.